The van der Waals surface area contributed by atoms with Crippen LogP contribution in [0.4, 0.5) is 0 Å². The van der Waals surface area contributed by atoms with Gasteiger partial charge in [0.05, 0.1) is 11.0 Å². The summed E-state index contributed by atoms with van der Waals surface area (Å²) in [7, 11) is 0. The first-order valence-electron chi connectivity index (χ1n) is 8.51. The Morgan fingerprint density at radius 3 is 2.52 bits per heavy atom. The standard InChI is InChI=1S/C20H24N4O/c1-20(2,21)14-22-19(25)13-12-18-23-16-10-6-7-11-17(16)24(18)15-8-4-3-5-9-15/h3-11H,12-14,21H2,1-2H3,(H,22,25). The van der Waals surface area contributed by atoms with Crippen LogP contribution < -0.4 is 11.1 Å². The van der Waals surface area contributed by atoms with Gasteiger partial charge in [0.25, 0.3) is 0 Å². The molecule has 5 nitrogen and oxygen atoms in total. The average Bonchev–Trinajstić information content (AvgIpc) is 2.96. The molecule has 0 radical (unpaired) electrons. The molecule has 3 N–H and O–H groups in total. The van der Waals surface area contributed by atoms with Gasteiger partial charge in [-0.2, -0.15) is 0 Å². The number of fused-ring (bicyclic) bond motifs is 1. The molecule has 0 bridgehead atoms. The van der Waals surface area contributed by atoms with Crippen molar-refractivity contribution in [3.05, 3.63) is 60.4 Å². The van der Waals surface area contributed by atoms with Crippen molar-refractivity contribution in [1.82, 2.24) is 14.9 Å². The van der Waals surface area contributed by atoms with Crippen LogP contribution in [0.2, 0.25) is 0 Å². The number of amides is 1. The number of aromatic nitrogens is 2. The van der Waals surface area contributed by atoms with Gasteiger partial charge in [0, 0.05) is 30.6 Å². The summed E-state index contributed by atoms with van der Waals surface area (Å²) >= 11 is 0. The number of carbonyl (C=O) groups excluding carboxylic acids is 1. The number of nitrogens with one attached hydrogen (secondary N) is 1. The summed E-state index contributed by atoms with van der Waals surface area (Å²) in [5.41, 5.74) is 8.54. The van der Waals surface area contributed by atoms with Crippen LogP contribution in [0.1, 0.15) is 26.1 Å². The third-order valence-corrected chi connectivity index (χ3v) is 3.96. The summed E-state index contributed by atoms with van der Waals surface area (Å²) in [5, 5.41) is 2.88. The fourth-order valence-corrected chi connectivity index (χ4v) is 2.75. The van der Waals surface area contributed by atoms with Crippen LogP contribution in [-0.2, 0) is 11.2 Å². The molecular weight excluding hydrogens is 312 g/mol. The first-order chi connectivity index (χ1) is 11.9. The Kier molecular flexibility index (Phi) is 4.86. The summed E-state index contributed by atoms with van der Waals surface area (Å²) in [6, 6.07) is 18.1. The Morgan fingerprint density at radius 1 is 1.12 bits per heavy atom. The number of benzene rings is 2. The van der Waals surface area contributed by atoms with Gasteiger partial charge in [0.2, 0.25) is 5.91 Å². The van der Waals surface area contributed by atoms with Crippen molar-refractivity contribution >= 4 is 16.9 Å². The zero-order valence-corrected chi connectivity index (χ0v) is 14.7. The number of aryl methyl sites for hydroxylation is 1. The van der Waals surface area contributed by atoms with Gasteiger partial charge in [0.15, 0.2) is 0 Å². The number of imidazole rings is 1. The normalized spacial score (nSPS) is 11.6. The third-order valence-electron chi connectivity index (χ3n) is 3.96. The van der Waals surface area contributed by atoms with Gasteiger partial charge < -0.3 is 11.1 Å². The van der Waals surface area contributed by atoms with Gasteiger partial charge in [-0.1, -0.05) is 30.3 Å². The van der Waals surface area contributed by atoms with E-state index in [9.17, 15) is 4.79 Å². The number of rotatable bonds is 6. The van der Waals surface area contributed by atoms with Gasteiger partial charge in [0.1, 0.15) is 5.82 Å². The van der Waals surface area contributed by atoms with E-state index in [0.717, 1.165) is 22.5 Å². The van der Waals surface area contributed by atoms with Crippen molar-refractivity contribution < 1.29 is 4.79 Å². The lowest BCUT2D eigenvalue weighted by atomic mass is 10.1. The highest BCUT2D eigenvalue weighted by Gasteiger charge is 2.15. The molecule has 1 amide bonds. The molecule has 0 aliphatic heterocycles. The maximum atomic E-state index is 12.1. The van der Waals surface area contributed by atoms with Crippen LogP contribution in [0, 0.1) is 0 Å². The zero-order valence-electron chi connectivity index (χ0n) is 14.7. The lowest BCUT2D eigenvalue weighted by Gasteiger charge is -2.18. The lowest BCUT2D eigenvalue weighted by molar-refractivity contribution is -0.121. The fraction of sp³-hybridized carbons (Fsp3) is 0.300. The van der Waals surface area contributed by atoms with Crippen LogP contribution >= 0.6 is 0 Å². The van der Waals surface area contributed by atoms with Crippen LogP contribution in [0.3, 0.4) is 0 Å². The highest BCUT2D eigenvalue weighted by atomic mass is 16.1. The quantitative estimate of drug-likeness (QED) is 0.727. The molecule has 0 saturated heterocycles. The minimum absolute atomic E-state index is 0.00908. The molecule has 0 saturated carbocycles. The Hall–Kier alpha value is -2.66. The molecule has 3 aromatic rings. The van der Waals surface area contributed by atoms with Gasteiger partial charge >= 0.3 is 0 Å². The molecular formula is C20H24N4O. The van der Waals surface area contributed by atoms with Gasteiger partial charge in [-0.15, -0.1) is 0 Å². The van der Waals surface area contributed by atoms with E-state index in [4.69, 9.17) is 10.7 Å². The lowest BCUT2D eigenvalue weighted by Crippen LogP contribution is -2.45. The maximum Gasteiger partial charge on any atom is 0.220 e. The van der Waals surface area contributed by atoms with E-state index in [-0.39, 0.29) is 5.91 Å². The molecule has 130 valence electrons. The van der Waals surface area contributed by atoms with E-state index in [1.807, 2.05) is 50.2 Å². The molecule has 25 heavy (non-hydrogen) atoms. The van der Waals surface area contributed by atoms with Crippen molar-refractivity contribution in [2.75, 3.05) is 6.54 Å². The Bertz CT molecular complexity index is 862. The number of para-hydroxylation sites is 3. The number of nitrogens with zero attached hydrogens (tertiary/aromatic N) is 2. The van der Waals surface area contributed by atoms with Crippen molar-refractivity contribution in [3.8, 4) is 5.69 Å². The third kappa shape index (κ3) is 4.25. The largest absolute Gasteiger partial charge is 0.354 e. The molecule has 1 heterocycles. The highest BCUT2D eigenvalue weighted by Crippen LogP contribution is 2.22. The van der Waals surface area contributed by atoms with E-state index in [2.05, 4.69) is 28.1 Å². The summed E-state index contributed by atoms with van der Waals surface area (Å²) in [5.74, 6) is 0.875. The average molecular weight is 336 g/mol. The predicted molar refractivity (Wildman–Crippen MR) is 101 cm³/mol. The molecule has 0 aliphatic rings. The molecule has 5 heteroatoms. The molecule has 3 rings (SSSR count). The van der Waals surface area contributed by atoms with Crippen LogP contribution in [-0.4, -0.2) is 27.5 Å². The highest BCUT2D eigenvalue weighted by molar-refractivity contribution is 5.79. The smallest absolute Gasteiger partial charge is 0.220 e. The SMILES string of the molecule is CC(C)(N)CNC(=O)CCc1nc2ccccc2n1-c1ccccc1. The van der Waals surface area contributed by atoms with Crippen LogP contribution in [0.25, 0.3) is 16.7 Å². The first-order valence-corrected chi connectivity index (χ1v) is 8.51. The number of carbonyl (C=O) groups is 1. The van der Waals surface area contributed by atoms with Gasteiger partial charge in [-0.25, -0.2) is 4.98 Å². The summed E-state index contributed by atoms with van der Waals surface area (Å²) in [6.07, 6.45) is 0.951. The second-order valence-electron chi connectivity index (χ2n) is 6.95. The monoisotopic (exact) mass is 336 g/mol. The maximum absolute atomic E-state index is 12.1. The first kappa shape index (κ1) is 17.2. The fourth-order valence-electron chi connectivity index (χ4n) is 2.75. The summed E-state index contributed by atoms with van der Waals surface area (Å²) < 4.78 is 2.12. The molecule has 0 fully saturated rings. The Balaban J connectivity index is 1.83. The van der Waals surface area contributed by atoms with Crippen LogP contribution in [0.15, 0.2) is 54.6 Å². The topological polar surface area (TPSA) is 72.9 Å². The molecule has 1 aromatic heterocycles. The molecule has 0 spiro atoms. The van der Waals surface area contributed by atoms with Crippen molar-refractivity contribution in [2.24, 2.45) is 5.73 Å². The number of nitrogens with two attached hydrogens (primary N) is 1. The number of hydrogen-bond donors (Lipinski definition) is 2. The molecule has 2 aromatic carbocycles. The Labute approximate surface area is 147 Å². The van der Waals surface area contributed by atoms with E-state index in [1.54, 1.807) is 0 Å². The molecule has 0 aliphatic carbocycles. The minimum atomic E-state index is -0.410. The van der Waals surface area contributed by atoms with Gasteiger partial charge in [-0.05, 0) is 38.1 Å². The van der Waals surface area contributed by atoms with E-state index in [1.165, 1.54) is 0 Å². The van der Waals surface area contributed by atoms with E-state index >= 15 is 0 Å². The second kappa shape index (κ2) is 7.07. The zero-order chi connectivity index (χ0) is 17.9. The molecule has 0 atom stereocenters. The predicted octanol–water partition coefficient (Wildman–Crippen LogP) is 2.81. The molecule has 0 unspecified atom stereocenters. The van der Waals surface area contributed by atoms with E-state index in [0.29, 0.717) is 19.4 Å². The van der Waals surface area contributed by atoms with Gasteiger partial charge in [-0.3, -0.25) is 9.36 Å². The van der Waals surface area contributed by atoms with Crippen LogP contribution in [0.5, 0.6) is 0 Å². The minimum Gasteiger partial charge on any atom is -0.354 e. The van der Waals surface area contributed by atoms with Crippen molar-refractivity contribution in [2.45, 2.75) is 32.2 Å². The second-order valence-corrected chi connectivity index (χ2v) is 6.95. The van der Waals surface area contributed by atoms with Crippen molar-refractivity contribution in [1.29, 1.82) is 0 Å². The summed E-state index contributed by atoms with van der Waals surface area (Å²) in [4.78, 5) is 16.9. The van der Waals surface area contributed by atoms with E-state index < -0.39 is 5.54 Å². The Morgan fingerprint density at radius 2 is 1.80 bits per heavy atom. The van der Waals surface area contributed by atoms with Crippen molar-refractivity contribution in [3.63, 3.8) is 0 Å². The number of hydrogen-bond acceptors (Lipinski definition) is 3. The summed E-state index contributed by atoms with van der Waals surface area (Å²) in [6.45, 7) is 4.24.